The minimum atomic E-state index is -1.54. The number of rotatable bonds is 3. The van der Waals surface area contributed by atoms with Gasteiger partial charge in [0.05, 0.1) is 0 Å². The van der Waals surface area contributed by atoms with Crippen molar-refractivity contribution in [2.45, 2.75) is 39.8 Å². The van der Waals surface area contributed by atoms with Gasteiger partial charge in [0, 0.05) is 6.42 Å². The summed E-state index contributed by atoms with van der Waals surface area (Å²) in [6.45, 7) is 6.91. The fraction of sp³-hybridized carbons (Fsp3) is 0.778. The number of hydrogen-bond acceptors (Lipinski definition) is 3. The molecule has 4 heteroatoms. The van der Waals surface area contributed by atoms with E-state index in [4.69, 9.17) is 4.52 Å². The van der Waals surface area contributed by atoms with Crippen molar-refractivity contribution in [3.05, 3.63) is 11.7 Å². The molecule has 0 saturated heterocycles. The Morgan fingerprint density at radius 2 is 2.08 bits per heavy atom. The lowest BCUT2D eigenvalue weighted by Gasteiger charge is -2.05. The second-order valence-electron chi connectivity index (χ2n) is 4.09. The van der Waals surface area contributed by atoms with Crippen molar-refractivity contribution in [2.24, 2.45) is 5.92 Å². The standard InChI is InChI=1S/C9H15FN2O/c1-6(2)5-7-11-8(13-12-7)9(3,4)10/h6H,5H2,1-4H3. The molecule has 3 nitrogen and oxygen atoms in total. The van der Waals surface area contributed by atoms with Crippen molar-refractivity contribution in [2.75, 3.05) is 0 Å². The molecule has 0 aliphatic rings. The van der Waals surface area contributed by atoms with Crippen LogP contribution in [0.5, 0.6) is 0 Å². The van der Waals surface area contributed by atoms with Crippen LogP contribution >= 0.6 is 0 Å². The smallest absolute Gasteiger partial charge is 0.263 e. The first-order valence-electron chi connectivity index (χ1n) is 4.41. The van der Waals surface area contributed by atoms with Crippen molar-refractivity contribution in [1.29, 1.82) is 0 Å². The maximum absolute atomic E-state index is 13.3. The van der Waals surface area contributed by atoms with Crippen LogP contribution in [0.3, 0.4) is 0 Å². The summed E-state index contributed by atoms with van der Waals surface area (Å²) in [6.07, 6.45) is 0.722. The zero-order valence-electron chi connectivity index (χ0n) is 8.47. The lowest BCUT2D eigenvalue weighted by Crippen LogP contribution is -2.09. The molecule has 13 heavy (non-hydrogen) atoms. The van der Waals surface area contributed by atoms with E-state index in [0.29, 0.717) is 11.7 Å². The Morgan fingerprint density at radius 3 is 2.46 bits per heavy atom. The van der Waals surface area contributed by atoms with Gasteiger partial charge in [-0.15, -0.1) is 0 Å². The van der Waals surface area contributed by atoms with E-state index in [0.717, 1.165) is 6.42 Å². The Labute approximate surface area is 77.3 Å². The Balaban J connectivity index is 2.75. The van der Waals surface area contributed by atoms with E-state index < -0.39 is 5.67 Å². The normalized spacial score (nSPS) is 12.5. The van der Waals surface area contributed by atoms with Crippen LogP contribution in [-0.4, -0.2) is 10.1 Å². The van der Waals surface area contributed by atoms with E-state index in [1.807, 2.05) is 0 Å². The van der Waals surface area contributed by atoms with Crippen molar-refractivity contribution < 1.29 is 8.91 Å². The Kier molecular flexibility index (Phi) is 2.68. The quantitative estimate of drug-likeness (QED) is 0.727. The summed E-state index contributed by atoms with van der Waals surface area (Å²) in [5.41, 5.74) is -1.54. The highest BCUT2D eigenvalue weighted by Gasteiger charge is 2.26. The van der Waals surface area contributed by atoms with Crippen molar-refractivity contribution in [3.8, 4) is 0 Å². The summed E-state index contributed by atoms with van der Waals surface area (Å²) in [7, 11) is 0. The molecule has 0 spiro atoms. The zero-order chi connectivity index (χ0) is 10.1. The highest BCUT2D eigenvalue weighted by molar-refractivity contribution is 4.95. The molecule has 0 saturated carbocycles. The summed E-state index contributed by atoms with van der Waals surface area (Å²) in [5.74, 6) is 1.09. The Morgan fingerprint density at radius 1 is 1.46 bits per heavy atom. The topological polar surface area (TPSA) is 38.9 Å². The molecule has 1 rings (SSSR count). The van der Waals surface area contributed by atoms with Crippen LogP contribution in [0.15, 0.2) is 4.52 Å². The largest absolute Gasteiger partial charge is 0.336 e. The number of hydrogen-bond donors (Lipinski definition) is 0. The van der Waals surface area contributed by atoms with Gasteiger partial charge in [0.25, 0.3) is 5.89 Å². The van der Waals surface area contributed by atoms with Gasteiger partial charge in [-0.2, -0.15) is 4.98 Å². The third kappa shape index (κ3) is 2.79. The first kappa shape index (κ1) is 10.2. The van der Waals surface area contributed by atoms with Crippen molar-refractivity contribution in [3.63, 3.8) is 0 Å². The molecule has 74 valence electrons. The van der Waals surface area contributed by atoms with E-state index in [1.165, 1.54) is 13.8 Å². The average molecular weight is 186 g/mol. The molecule has 0 fully saturated rings. The van der Waals surface area contributed by atoms with Gasteiger partial charge in [-0.05, 0) is 19.8 Å². The van der Waals surface area contributed by atoms with Crippen LogP contribution in [0, 0.1) is 5.92 Å². The van der Waals surface area contributed by atoms with Crippen LogP contribution in [-0.2, 0) is 12.1 Å². The third-order valence-electron chi connectivity index (χ3n) is 1.57. The Bertz CT molecular complexity index is 275. The van der Waals surface area contributed by atoms with Crippen molar-refractivity contribution >= 4 is 0 Å². The zero-order valence-corrected chi connectivity index (χ0v) is 8.47. The molecule has 0 bridgehead atoms. The molecule has 0 aromatic carbocycles. The van der Waals surface area contributed by atoms with E-state index in [1.54, 1.807) is 0 Å². The summed E-state index contributed by atoms with van der Waals surface area (Å²) < 4.78 is 18.1. The molecule has 0 aliphatic heterocycles. The van der Waals surface area contributed by atoms with Gasteiger partial charge in [0.15, 0.2) is 11.5 Å². The van der Waals surface area contributed by atoms with Crippen molar-refractivity contribution in [1.82, 2.24) is 10.1 Å². The molecule has 1 heterocycles. The number of alkyl halides is 1. The van der Waals surface area contributed by atoms with E-state index in [9.17, 15) is 4.39 Å². The fourth-order valence-electron chi connectivity index (χ4n) is 0.943. The molecule has 1 aromatic heterocycles. The predicted octanol–water partition coefficient (Wildman–Crippen LogP) is 2.47. The van der Waals surface area contributed by atoms with Gasteiger partial charge < -0.3 is 4.52 Å². The highest BCUT2D eigenvalue weighted by atomic mass is 19.1. The second-order valence-corrected chi connectivity index (χ2v) is 4.09. The minimum Gasteiger partial charge on any atom is -0.336 e. The minimum absolute atomic E-state index is 0.0585. The van der Waals surface area contributed by atoms with Gasteiger partial charge >= 0.3 is 0 Å². The maximum Gasteiger partial charge on any atom is 0.263 e. The molecule has 0 radical (unpaired) electrons. The predicted molar refractivity (Wildman–Crippen MR) is 47.0 cm³/mol. The molecule has 0 unspecified atom stereocenters. The maximum atomic E-state index is 13.3. The van der Waals surface area contributed by atoms with E-state index >= 15 is 0 Å². The average Bonchev–Trinajstić information content (AvgIpc) is 2.32. The van der Waals surface area contributed by atoms with Gasteiger partial charge in [0.2, 0.25) is 0 Å². The lowest BCUT2D eigenvalue weighted by molar-refractivity contribution is 0.155. The van der Waals surface area contributed by atoms with Crippen LogP contribution < -0.4 is 0 Å². The molecular weight excluding hydrogens is 171 g/mol. The summed E-state index contributed by atoms with van der Waals surface area (Å²) in [5, 5.41) is 3.70. The number of nitrogens with zero attached hydrogens (tertiary/aromatic N) is 2. The molecule has 0 atom stereocenters. The Hall–Kier alpha value is -0.930. The van der Waals surface area contributed by atoms with E-state index in [2.05, 4.69) is 24.0 Å². The molecule has 1 aromatic rings. The first-order chi connectivity index (χ1) is 5.89. The highest BCUT2D eigenvalue weighted by Crippen LogP contribution is 2.22. The first-order valence-corrected chi connectivity index (χ1v) is 4.41. The van der Waals surface area contributed by atoms with Gasteiger partial charge in [0.1, 0.15) is 0 Å². The van der Waals surface area contributed by atoms with Crippen LogP contribution in [0.25, 0.3) is 0 Å². The molecule has 0 amide bonds. The fourth-order valence-corrected chi connectivity index (χ4v) is 0.943. The van der Waals surface area contributed by atoms with Crippen LogP contribution in [0.4, 0.5) is 4.39 Å². The summed E-state index contributed by atoms with van der Waals surface area (Å²) in [4.78, 5) is 3.97. The third-order valence-corrected chi connectivity index (χ3v) is 1.57. The van der Waals surface area contributed by atoms with E-state index in [-0.39, 0.29) is 5.89 Å². The molecule has 0 N–H and O–H groups in total. The summed E-state index contributed by atoms with van der Waals surface area (Å²) in [6, 6.07) is 0. The monoisotopic (exact) mass is 186 g/mol. The second kappa shape index (κ2) is 3.44. The van der Waals surface area contributed by atoms with Crippen LogP contribution in [0.1, 0.15) is 39.4 Å². The lowest BCUT2D eigenvalue weighted by atomic mass is 10.1. The van der Waals surface area contributed by atoms with Crippen LogP contribution in [0.2, 0.25) is 0 Å². The molecular formula is C9H15FN2O. The molecule has 0 aliphatic carbocycles. The number of halogens is 1. The van der Waals surface area contributed by atoms with Gasteiger partial charge in [-0.3, -0.25) is 0 Å². The van der Waals surface area contributed by atoms with Gasteiger partial charge in [-0.1, -0.05) is 19.0 Å². The summed E-state index contributed by atoms with van der Waals surface area (Å²) >= 11 is 0. The van der Waals surface area contributed by atoms with Gasteiger partial charge in [-0.25, -0.2) is 4.39 Å². The number of aromatic nitrogens is 2. The SMILES string of the molecule is CC(C)Cc1noc(C(C)(C)F)n1.